The van der Waals surface area contributed by atoms with Gasteiger partial charge in [-0.2, -0.15) is 0 Å². The van der Waals surface area contributed by atoms with Crippen molar-refractivity contribution in [1.29, 1.82) is 0 Å². The highest BCUT2D eigenvalue weighted by atomic mass is 16.5. The summed E-state index contributed by atoms with van der Waals surface area (Å²) in [7, 11) is 3.59. The number of nitrogens with zero attached hydrogens (tertiary/aromatic N) is 4. The minimum Gasteiger partial charge on any atom is -0.497 e. The van der Waals surface area contributed by atoms with Gasteiger partial charge in [0, 0.05) is 26.1 Å². The van der Waals surface area contributed by atoms with Crippen molar-refractivity contribution in [2.75, 3.05) is 20.2 Å². The van der Waals surface area contributed by atoms with Crippen molar-refractivity contribution in [3.63, 3.8) is 0 Å². The maximum atomic E-state index is 12.6. The van der Waals surface area contributed by atoms with Crippen LogP contribution in [0.2, 0.25) is 0 Å². The third-order valence-corrected chi connectivity index (χ3v) is 4.38. The number of aryl methyl sites for hydroxylation is 1. The summed E-state index contributed by atoms with van der Waals surface area (Å²) in [5.74, 6) is 2.17. The van der Waals surface area contributed by atoms with Crippen LogP contribution in [0.5, 0.6) is 5.75 Å². The normalized spacial score (nSPS) is 18.0. The van der Waals surface area contributed by atoms with Crippen LogP contribution < -0.4 is 4.74 Å². The zero-order valence-electron chi connectivity index (χ0n) is 13.6. The molecule has 0 saturated carbocycles. The zero-order valence-corrected chi connectivity index (χ0v) is 13.6. The highest BCUT2D eigenvalue weighted by Gasteiger charge is 2.27. The molecule has 1 aliphatic rings. The highest BCUT2D eigenvalue weighted by Crippen LogP contribution is 2.25. The van der Waals surface area contributed by atoms with E-state index in [-0.39, 0.29) is 11.8 Å². The lowest BCUT2D eigenvalue weighted by Crippen LogP contribution is -2.40. The van der Waals surface area contributed by atoms with E-state index in [0.29, 0.717) is 6.42 Å². The topological polar surface area (TPSA) is 60.2 Å². The first kappa shape index (κ1) is 15.5. The molecule has 1 atom stereocenters. The molecule has 0 aliphatic carbocycles. The molecule has 0 N–H and O–H groups in total. The second kappa shape index (κ2) is 6.81. The monoisotopic (exact) mass is 314 g/mol. The van der Waals surface area contributed by atoms with Crippen molar-refractivity contribution in [2.24, 2.45) is 7.05 Å². The Labute approximate surface area is 136 Å². The largest absolute Gasteiger partial charge is 0.497 e. The summed E-state index contributed by atoms with van der Waals surface area (Å²) in [5.41, 5.74) is 0.982. The molecule has 23 heavy (non-hydrogen) atoms. The Balaban J connectivity index is 1.66. The van der Waals surface area contributed by atoms with Gasteiger partial charge in [-0.15, -0.1) is 10.2 Å². The van der Waals surface area contributed by atoms with Crippen LogP contribution in [-0.4, -0.2) is 45.8 Å². The lowest BCUT2D eigenvalue weighted by Gasteiger charge is -2.32. The van der Waals surface area contributed by atoms with Crippen LogP contribution in [0.3, 0.4) is 0 Å². The van der Waals surface area contributed by atoms with E-state index in [1.54, 1.807) is 13.4 Å². The van der Waals surface area contributed by atoms with Crippen molar-refractivity contribution in [3.8, 4) is 5.75 Å². The fourth-order valence-corrected chi connectivity index (χ4v) is 3.15. The maximum absolute atomic E-state index is 12.6. The first-order chi connectivity index (χ1) is 11.2. The molecule has 1 aliphatic heterocycles. The Morgan fingerprint density at radius 1 is 1.43 bits per heavy atom. The SMILES string of the molecule is COc1cccc(CC(=O)N2CCC[C@H](c3nncn3C)C2)c1. The minimum absolute atomic E-state index is 0.158. The van der Waals surface area contributed by atoms with Gasteiger partial charge in [-0.25, -0.2) is 0 Å². The van der Waals surface area contributed by atoms with E-state index in [1.165, 1.54) is 0 Å². The second-order valence-electron chi connectivity index (χ2n) is 6.01. The van der Waals surface area contributed by atoms with Crippen LogP contribution >= 0.6 is 0 Å². The fourth-order valence-electron chi connectivity index (χ4n) is 3.15. The quantitative estimate of drug-likeness (QED) is 0.863. The molecule has 6 heteroatoms. The first-order valence-electron chi connectivity index (χ1n) is 7.92. The van der Waals surface area contributed by atoms with Gasteiger partial charge in [-0.3, -0.25) is 4.79 Å². The molecule has 0 bridgehead atoms. The van der Waals surface area contributed by atoms with Crippen LogP contribution in [0, 0.1) is 0 Å². The third kappa shape index (κ3) is 3.52. The predicted octanol–water partition coefficient (Wildman–Crippen LogP) is 1.77. The van der Waals surface area contributed by atoms with Crippen LogP contribution in [-0.2, 0) is 18.3 Å². The van der Waals surface area contributed by atoms with Gasteiger partial charge in [0.15, 0.2) is 0 Å². The molecule has 2 aromatic rings. The standard InChI is InChI=1S/C17H22N4O2/c1-20-12-18-19-17(20)14-6-4-8-21(11-14)16(22)10-13-5-3-7-15(9-13)23-2/h3,5,7,9,12,14H,4,6,8,10-11H2,1-2H3/t14-/m0/s1. The summed E-state index contributed by atoms with van der Waals surface area (Å²) in [6, 6.07) is 7.69. The predicted molar refractivity (Wildman–Crippen MR) is 86.3 cm³/mol. The van der Waals surface area contributed by atoms with E-state index >= 15 is 0 Å². The molecule has 1 aromatic heterocycles. The second-order valence-corrected chi connectivity index (χ2v) is 6.01. The Kier molecular flexibility index (Phi) is 4.60. The average Bonchev–Trinajstić information content (AvgIpc) is 3.01. The molecular weight excluding hydrogens is 292 g/mol. The Morgan fingerprint density at radius 2 is 2.30 bits per heavy atom. The maximum Gasteiger partial charge on any atom is 0.227 e. The van der Waals surface area contributed by atoms with Crippen LogP contribution in [0.25, 0.3) is 0 Å². The van der Waals surface area contributed by atoms with Crippen LogP contribution in [0.4, 0.5) is 0 Å². The van der Waals surface area contributed by atoms with Gasteiger partial charge in [0.05, 0.1) is 13.5 Å². The number of carbonyl (C=O) groups is 1. The van der Waals surface area contributed by atoms with Gasteiger partial charge in [-0.1, -0.05) is 12.1 Å². The number of aromatic nitrogens is 3. The van der Waals surface area contributed by atoms with Gasteiger partial charge in [0.2, 0.25) is 5.91 Å². The molecule has 6 nitrogen and oxygen atoms in total. The van der Waals surface area contributed by atoms with E-state index in [0.717, 1.165) is 43.1 Å². The average molecular weight is 314 g/mol. The number of rotatable bonds is 4. The number of amides is 1. The Bertz CT molecular complexity index is 683. The van der Waals surface area contributed by atoms with E-state index in [4.69, 9.17) is 4.74 Å². The van der Waals surface area contributed by atoms with Crippen molar-refractivity contribution >= 4 is 5.91 Å². The summed E-state index contributed by atoms with van der Waals surface area (Å²) >= 11 is 0. The summed E-state index contributed by atoms with van der Waals surface area (Å²) < 4.78 is 7.16. The number of hydrogen-bond donors (Lipinski definition) is 0. The van der Waals surface area contributed by atoms with Crippen molar-refractivity contribution in [2.45, 2.75) is 25.2 Å². The molecule has 122 valence electrons. The number of piperidine rings is 1. The zero-order chi connectivity index (χ0) is 16.2. The summed E-state index contributed by atoms with van der Waals surface area (Å²) in [4.78, 5) is 14.6. The molecule has 3 rings (SSSR count). The highest BCUT2D eigenvalue weighted by molar-refractivity contribution is 5.79. The molecule has 0 radical (unpaired) electrons. The van der Waals surface area contributed by atoms with E-state index in [1.807, 2.05) is 40.8 Å². The summed E-state index contributed by atoms with van der Waals surface area (Å²) in [6.07, 6.45) is 4.17. The molecule has 1 aromatic carbocycles. The molecule has 1 fully saturated rings. The number of likely N-dealkylation sites (tertiary alicyclic amines) is 1. The summed E-state index contributed by atoms with van der Waals surface area (Å²) in [5, 5.41) is 8.15. The minimum atomic E-state index is 0.158. The van der Waals surface area contributed by atoms with E-state index in [9.17, 15) is 4.79 Å². The Morgan fingerprint density at radius 3 is 3.04 bits per heavy atom. The van der Waals surface area contributed by atoms with Gasteiger partial charge >= 0.3 is 0 Å². The van der Waals surface area contributed by atoms with Gasteiger partial charge < -0.3 is 14.2 Å². The molecule has 0 unspecified atom stereocenters. The van der Waals surface area contributed by atoms with E-state index < -0.39 is 0 Å². The van der Waals surface area contributed by atoms with Gasteiger partial charge in [0.1, 0.15) is 17.9 Å². The number of carbonyl (C=O) groups excluding carboxylic acids is 1. The smallest absolute Gasteiger partial charge is 0.227 e. The van der Waals surface area contributed by atoms with Crippen LogP contribution in [0.15, 0.2) is 30.6 Å². The molecule has 1 saturated heterocycles. The summed E-state index contributed by atoms with van der Waals surface area (Å²) in [6.45, 7) is 1.53. The molecule has 2 heterocycles. The Hall–Kier alpha value is -2.37. The number of methoxy groups -OCH3 is 1. The number of hydrogen-bond acceptors (Lipinski definition) is 4. The molecule has 1 amide bonds. The lowest BCUT2D eigenvalue weighted by molar-refractivity contribution is -0.131. The van der Waals surface area contributed by atoms with Crippen LogP contribution in [0.1, 0.15) is 30.1 Å². The fraction of sp³-hybridized carbons (Fsp3) is 0.471. The first-order valence-corrected chi connectivity index (χ1v) is 7.92. The third-order valence-electron chi connectivity index (χ3n) is 4.38. The van der Waals surface area contributed by atoms with E-state index in [2.05, 4.69) is 10.2 Å². The van der Waals surface area contributed by atoms with Crippen molar-refractivity contribution < 1.29 is 9.53 Å². The van der Waals surface area contributed by atoms with Gasteiger partial charge in [0.25, 0.3) is 0 Å². The molecule has 0 spiro atoms. The van der Waals surface area contributed by atoms with Crippen molar-refractivity contribution in [3.05, 3.63) is 42.0 Å². The number of benzene rings is 1. The van der Waals surface area contributed by atoms with Gasteiger partial charge in [-0.05, 0) is 30.5 Å². The number of ether oxygens (including phenoxy) is 1. The van der Waals surface area contributed by atoms with Crippen molar-refractivity contribution in [1.82, 2.24) is 19.7 Å². The molecular formula is C17H22N4O2. The lowest BCUT2D eigenvalue weighted by atomic mass is 9.96.